The number of para-hydroxylation sites is 1. The van der Waals surface area contributed by atoms with Gasteiger partial charge in [-0.15, -0.1) is 0 Å². The molecule has 1 aromatic heterocycles. The zero-order chi connectivity index (χ0) is 29.3. The summed E-state index contributed by atoms with van der Waals surface area (Å²) < 4.78 is 26.1. The molecule has 1 aliphatic rings. The number of nitrogens with two attached hydrogens (primary N) is 1. The number of nitrogens with zero attached hydrogens (tertiary/aromatic N) is 2. The zero-order valence-corrected chi connectivity index (χ0v) is 28.0. The molecule has 4 atom stereocenters. The molecule has 41 heavy (non-hydrogen) atoms. The van der Waals surface area contributed by atoms with Crippen LogP contribution in [0.1, 0.15) is 37.6 Å². The van der Waals surface area contributed by atoms with Gasteiger partial charge in [-0.3, -0.25) is 0 Å². The van der Waals surface area contributed by atoms with E-state index in [-0.39, 0.29) is 29.6 Å². The second kappa shape index (κ2) is 12.8. The number of hydrogen-bond acceptors (Lipinski definition) is 4. The molecule has 0 amide bonds. The number of benzene rings is 3. The van der Waals surface area contributed by atoms with Gasteiger partial charge in [-0.2, -0.15) is 0 Å². The van der Waals surface area contributed by atoms with E-state index in [1.54, 1.807) is 18.2 Å². The number of halogens is 3. The average molecular weight is 781 g/mol. The molecule has 0 saturated heterocycles. The van der Waals surface area contributed by atoms with E-state index in [0.29, 0.717) is 27.9 Å². The van der Waals surface area contributed by atoms with Crippen molar-refractivity contribution in [1.82, 2.24) is 3.11 Å². The van der Waals surface area contributed by atoms with E-state index in [1.807, 2.05) is 18.2 Å². The quantitative estimate of drug-likeness (QED) is 0.0758. The zero-order valence-electron chi connectivity index (χ0n) is 23.7. The summed E-state index contributed by atoms with van der Waals surface area (Å²) in [6.07, 6.45) is 2.03. The molecular formula is C32H36FI2N4O2+. The summed E-state index contributed by atoms with van der Waals surface area (Å²) in [6, 6.07) is 22.2. The second-order valence-electron chi connectivity index (χ2n) is 10.3. The third-order valence-corrected chi connectivity index (χ3v) is 14.5. The molecule has 9 heteroatoms. The number of rotatable bonds is 8. The van der Waals surface area contributed by atoms with Crippen LogP contribution in [0.25, 0.3) is 22.1 Å². The van der Waals surface area contributed by atoms with Gasteiger partial charge >= 0.3 is 243 Å². The van der Waals surface area contributed by atoms with Crippen molar-refractivity contribution in [1.29, 1.82) is 0 Å². The minimum atomic E-state index is -1.18. The molecular weight excluding hydrogens is 745 g/mol. The van der Waals surface area contributed by atoms with Gasteiger partial charge in [0.15, 0.2) is 0 Å². The summed E-state index contributed by atoms with van der Waals surface area (Å²) >= 11 is -1.90. The Hall–Kier alpha value is -2.48. The van der Waals surface area contributed by atoms with Crippen molar-refractivity contribution in [2.45, 2.75) is 38.5 Å². The summed E-state index contributed by atoms with van der Waals surface area (Å²) in [5.74, 6) is 0.184. The van der Waals surface area contributed by atoms with Gasteiger partial charge in [0.1, 0.15) is 0 Å². The summed E-state index contributed by atoms with van der Waals surface area (Å²) in [4.78, 5) is 23.5. The van der Waals surface area contributed by atoms with Crippen molar-refractivity contribution in [2.75, 3.05) is 9.86 Å². The molecule has 0 saturated carbocycles. The Bertz CT molecular complexity index is 1690. The van der Waals surface area contributed by atoms with Crippen LogP contribution in [0.3, 0.4) is 0 Å². The summed E-state index contributed by atoms with van der Waals surface area (Å²) in [7, 11) is 0. The molecule has 5 N–H and O–H groups in total. The van der Waals surface area contributed by atoms with Crippen molar-refractivity contribution in [3.05, 3.63) is 104 Å². The molecule has 1 aliphatic heterocycles. The second-order valence-corrected chi connectivity index (χ2v) is 18.6. The van der Waals surface area contributed by atoms with E-state index in [0.717, 1.165) is 6.42 Å². The van der Waals surface area contributed by atoms with Crippen LogP contribution >= 0.6 is 40.8 Å². The molecule has 0 fully saturated rings. The molecule has 0 aliphatic carbocycles. The van der Waals surface area contributed by atoms with Crippen LogP contribution in [-0.2, 0) is 0 Å². The van der Waals surface area contributed by atoms with Crippen LogP contribution < -0.4 is 16.9 Å². The fraction of sp³-hybridized carbons (Fsp3) is 0.281. The Labute approximate surface area is 257 Å². The van der Waals surface area contributed by atoms with Gasteiger partial charge < -0.3 is 0 Å². The molecule has 0 bridgehead atoms. The third-order valence-electron chi connectivity index (χ3n) is 7.55. The standard InChI is InChI=1S/C32H35FI2N4O2/c1-5-25(37)28-29(21-11-9-13-23(17-21)35(3)4)34-39(32(28)38-18-36)19(2)31-27(20-10-8-12-22(33)16-20)30(40)24-14-6-7-15-26(24)41-31/h6-19,25,28,32H,5,37H2,1-4H3,(H2,36,38)/p+1. The van der Waals surface area contributed by atoms with Gasteiger partial charge in [0.2, 0.25) is 0 Å². The topological polar surface area (TPSA) is 99.5 Å². The van der Waals surface area contributed by atoms with Crippen molar-refractivity contribution >= 4 is 61.6 Å². The Kier molecular flexibility index (Phi) is 9.37. The number of hydrogen-bond donors (Lipinski definition) is 2. The normalized spacial score (nSPS) is 19.7. The maximum absolute atomic E-state index is 14.4. The van der Waals surface area contributed by atoms with Gasteiger partial charge in [0, 0.05) is 0 Å². The molecule has 4 unspecified atom stereocenters. The van der Waals surface area contributed by atoms with Crippen LogP contribution in [-0.4, -0.2) is 35.0 Å². The first-order chi connectivity index (χ1) is 19.7. The number of fused-ring (bicyclic) bond motifs is 1. The molecule has 3 aromatic carbocycles. The van der Waals surface area contributed by atoms with E-state index in [9.17, 15) is 9.18 Å². The number of aliphatic imine (C=N–C) groups is 1. The summed E-state index contributed by atoms with van der Waals surface area (Å²) in [5.41, 5.74) is 13.0. The molecule has 4 aromatic rings. The van der Waals surface area contributed by atoms with Crippen molar-refractivity contribution in [3.8, 4) is 11.1 Å². The SMILES string of the molecule is CCC([NH3+])C1C(c2cccc(I(C)C)c2)=IN(C(C)c2oc3ccccc3c(=O)c2-c2cccc(F)c2)C1N=CN. The fourth-order valence-corrected chi connectivity index (χ4v) is 11.0. The van der Waals surface area contributed by atoms with Gasteiger partial charge in [0.05, 0.1) is 0 Å². The van der Waals surface area contributed by atoms with Crippen LogP contribution in [0.15, 0.2) is 87.0 Å². The summed E-state index contributed by atoms with van der Waals surface area (Å²) in [6.45, 7) is 4.21. The Morgan fingerprint density at radius 3 is 2.56 bits per heavy atom. The van der Waals surface area contributed by atoms with E-state index in [2.05, 4.69) is 56.8 Å². The van der Waals surface area contributed by atoms with E-state index in [1.165, 1.54) is 31.1 Å². The molecule has 0 radical (unpaired) electrons. The van der Waals surface area contributed by atoms with Crippen molar-refractivity contribution in [3.63, 3.8) is 0 Å². The molecule has 0 spiro atoms. The minimum absolute atomic E-state index is 0.0751. The van der Waals surface area contributed by atoms with Gasteiger partial charge in [-0.1, -0.05) is 6.07 Å². The number of alkyl halides is 2. The van der Waals surface area contributed by atoms with Crippen molar-refractivity contribution in [2.24, 2.45) is 16.6 Å². The fourth-order valence-electron chi connectivity index (χ4n) is 5.34. The van der Waals surface area contributed by atoms with E-state index >= 15 is 0 Å². The average Bonchev–Trinajstić information content (AvgIpc) is 3.35. The molecule has 216 valence electrons. The Morgan fingerprint density at radius 1 is 1.12 bits per heavy atom. The first-order valence-electron chi connectivity index (χ1n) is 13.5. The van der Waals surface area contributed by atoms with Crippen molar-refractivity contribution < 1.29 is 14.5 Å². The summed E-state index contributed by atoms with van der Waals surface area (Å²) in [5, 5.41) is 0.472. The third kappa shape index (κ3) is 5.91. The van der Waals surface area contributed by atoms with Crippen LogP contribution in [0, 0.1) is 15.3 Å². The maximum atomic E-state index is 14.4. The predicted molar refractivity (Wildman–Crippen MR) is 184 cm³/mol. The first-order valence-corrected chi connectivity index (χ1v) is 21.0. The van der Waals surface area contributed by atoms with Gasteiger partial charge in [-0.05, 0) is 6.07 Å². The van der Waals surface area contributed by atoms with Crippen LogP contribution in [0.5, 0.6) is 0 Å². The molecule has 6 nitrogen and oxygen atoms in total. The predicted octanol–water partition coefficient (Wildman–Crippen LogP) is 5.97. The number of quaternary nitrogens is 1. The molecule has 2 heterocycles. The van der Waals surface area contributed by atoms with E-state index < -0.39 is 46.6 Å². The van der Waals surface area contributed by atoms with Crippen LogP contribution in [0.2, 0.25) is 0 Å². The van der Waals surface area contributed by atoms with E-state index in [4.69, 9.17) is 15.1 Å². The van der Waals surface area contributed by atoms with Gasteiger partial charge in [0.25, 0.3) is 0 Å². The van der Waals surface area contributed by atoms with Gasteiger partial charge in [-0.25, -0.2) is 4.39 Å². The Morgan fingerprint density at radius 2 is 1.85 bits per heavy atom. The van der Waals surface area contributed by atoms with Crippen LogP contribution in [0.4, 0.5) is 4.39 Å². The monoisotopic (exact) mass is 781 g/mol. The Balaban J connectivity index is 1.73. The molecule has 5 rings (SSSR count). The first kappa shape index (κ1) is 30.0.